The van der Waals surface area contributed by atoms with Crippen LogP contribution in [0.5, 0.6) is 17.2 Å². The van der Waals surface area contributed by atoms with Gasteiger partial charge in [-0.25, -0.2) is 4.79 Å². The zero-order chi connectivity index (χ0) is 16.8. The fourth-order valence-electron chi connectivity index (χ4n) is 2.14. The summed E-state index contributed by atoms with van der Waals surface area (Å²) in [4.78, 5) is 23.5. The highest BCUT2D eigenvalue weighted by molar-refractivity contribution is 5.97. The third kappa shape index (κ3) is 3.94. The van der Waals surface area contributed by atoms with Crippen LogP contribution in [-0.4, -0.2) is 43.3 Å². The van der Waals surface area contributed by atoms with Crippen LogP contribution >= 0.6 is 0 Å². The molecule has 7 nitrogen and oxygen atoms in total. The third-order valence-electron chi connectivity index (χ3n) is 3.30. The zero-order valence-corrected chi connectivity index (χ0v) is 13.0. The lowest BCUT2D eigenvalue weighted by Gasteiger charge is -2.21. The van der Waals surface area contributed by atoms with Crippen molar-refractivity contribution in [3.8, 4) is 17.2 Å². The number of carboxylic acid groups (broad SMARTS) is 1. The molecular weight excluding hydrogens is 302 g/mol. The lowest BCUT2D eigenvalue weighted by molar-refractivity contribution is -0.139. The minimum absolute atomic E-state index is 0.208. The molecule has 1 amide bonds. The Morgan fingerprint density at radius 3 is 2.78 bits per heavy atom. The van der Waals surface area contributed by atoms with Gasteiger partial charge in [-0.3, -0.25) is 4.79 Å². The predicted molar refractivity (Wildman–Crippen MR) is 82.3 cm³/mol. The maximum atomic E-state index is 12.3. The Kier molecular flexibility index (Phi) is 5.46. The van der Waals surface area contributed by atoms with E-state index in [1.54, 1.807) is 19.1 Å². The van der Waals surface area contributed by atoms with Gasteiger partial charge in [0.15, 0.2) is 11.5 Å². The number of ether oxygens (including phenoxy) is 3. The largest absolute Gasteiger partial charge is 0.493 e. The van der Waals surface area contributed by atoms with Crippen LogP contribution in [0.3, 0.4) is 0 Å². The Morgan fingerprint density at radius 2 is 2.13 bits per heavy atom. The smallest absolute Gasteiger partial charge is 0.326 e. The molecule has 0 bridgehead atoms. The summed E-state index contributed by atoms with van der Waals surface area (Å²) < 4.78 is 16.1. The molecule has 1 unspecified atom stereocenters. The third-order valence-corrected chi connectivity index (χ3v) is 3.30. The highest BCUT2D eigenvalue weighted by atomic mass is 16.6. The molecule has 0 aromatic heterocycles. The van der Waals surface area contributed by atoms with Crippen molar-refractivity contribution >= 4 is 11.9 Å². The number of amides is 1. The Hall–Kier alpha value is -2.70. The summed E-state index contributed by atoms with van der Waals surface area (Å²) in [6.45, 7) is 2.56. The van der Waals surface area contributed by atoms with Crippen molar-refractivity contribution < 1.29 is 28.9 Å². The molecule has 1 heterocycles. The van der Waals surface area contributed by atoms with Crippen molar-refractivity contribution in [1.29, 1.82) is 0 Å². The van der Waals surface area contributed by atoms with Crippen molar-refractivity contribution in [3.63, 3.8) is 0 Å². The van der Waals surface area contributed by atoms with Crippen LogP contribution in [0.15, 0.2) is 24.3 Å². The monoisotopic (exact) mass is 321 g/mol. The van der Waals surface area contributed by atoms with Crippen molar-refractivity contribution in [2.24, 2.45) is 0 Å². The average molecular weight is 321 g/mol. The SMILES string of the molecule is C/C=C/CC(NC(=O)c1cc(OC)c2c(c1)OCCO2)C(=O)O. The standard InChI is InChI=1S/C16H19NO6/c1-3-4-5-11(16(19)20)17-15(18)10-8-12(21-2)14-13(9-10)22-6-7-23-14/h3-4,8-9,11H,5-7H2,1-2H3,(H,17,18)(H,19,20)/b4-3+. The second kappa shape index (κ2) is 7.53. The Labute approximate surface area is 133 Å². The summed E-state index contributed by atoms with van der Waals surface area (Å²) in [5, 5.41) is 11.7. The number of rotatable bonds is 6. The molecule has 7 heteroatoms. The molecule has 0 saturated carbocycles. The van der Waals surface area contributed by atoms with Crippen LogP contribution in [-0.2, 0) is 4.79 Å². The second-order valence-corrected chi connectivity index (χ2v) is 4.87. The molecule has 0 saturated heterocycles. The van der Waals surface area contributed by atoms with E-state index in [4.69, 9.17) is 14.2 Å². The number of fused-ring (bicyclic) bond motifs is 1. The minimum atomic E-state index is -1.10. The van der Waals surface area contributed by atoms with Crippen LogP contribution in [0.1, 0.15) is 23.7 Å². The summed E-state index contributed by atoms with van der Waals surface area (Å²) in [5.41, 5.74) is 0.248. The van der Waals surface area contributed by atoms with Gasteiger partial charge >= 0.3 is 5.97 Å². The molecule has 1 aliphatic rings. The van der Waals surface area contributed by atoms with E-state index in [0.29, 0.717) is 30.5 Å². The number of carbonyl (C=O) groups is 2. The maximum Gasteiger partial charge on any atom is 0.326 e. The first-order chi connectivity index (χ1) is 11.1. The maximum absolute atomic E-state index is 12.3. The van der Waals surface area contributed by atoms with E-state index in [2.05, 4.69) is 5.32 Å². The molecule has 0 aliphatic carbocycles. The lowest BCUT2D eigenvalue weighted by Crippen LogP contribution is -2.40. The number of aliphatic carboxylic acids is 1. The first kappa shape index (κ1) is 16.7. The molecule has 0 fully saturated rings. The Balaban J connectivity index is 2.23. The van der Waals surface area contributed by atoms with Gasteiger partial charge < -0.3 is 24.6 Å². The number of nitrogens with one attached hydrogen (secondary N) is 1. The highest BCUT2D eigenvalue weighted by Gasteiger charge is 2.24. The van der Waals surface area contributed by atoms with E-state index >= 15 is 0 Å². The Morgan fingerprint density at radius 1 is 1.39 bits per heavy atom. The minimum Gasteiger partial charge on any atom is -0.493 e. The van der Waals surface area contributed by atoms with Gasteiger partial charge in [0.25, 0.3) is 5.91 Å². The number of allylic oxidation sites excluding steroid dienone is 1. The van der Waals surface area contributed by atoms with Gasteiger partial charge in [0.05, 0.1) is 7.11 Å². The van der Waals surface area contributed by atoms with Crippen molar-refractivity contribution in [1.82, 2.24) is 5.32 Å². The molecule has 23 heavy (non-hydrogen) atoms. The van der Waals surface area contributed by atoms with Crippen molar-refractivity contribution in [3.05, 3.63) is 29.8 Å². The number of carboxylic acids is 1. The fourth-order valence-corrected chi connectivity index (χ4v) is 2.14. The van der Waals surface area contributed by atoms with Gasteiger partial charge in [-0.1, -0.05) is 12.2 Å². The first-order valence-electron chi connectivity index (χ1n) is 7.19. The van der Waals surface area contributed by atoms with Crippen molar-refractivity contribution in [2.75, 3.05) is 20.3 Å². The molecule has 124 valence electrons. The highest BCUT2D eigenvalue weighted by Crippen LogP contribution is 2.40. The van der Waals surface area contributed by atoms with E-state index in [1.165, 1.54) is 19.2 Å². The van der Waals surface area contributed by atoms with Crippen LogP contribution in [0, 0.1) is 0 Å². The number of benzene rings is 1. The summed E-state index contributed by atoms with van der Waals surface area (Å²) in [6.07, 6.45) is 3.62. The van der Waals surface area contributed by atoms with Gasteiger partial charge in [0.2, 0.25) is 5.75 Å². The Bertz CT molecular complexity index is 608. The summed E-state index contributed by atoms with van der Waals surface area (Å²) in [6, 6.07) is 2.01. The molecule has 2 N–H and O–H groups in total. The van der Waals surface area contributed by atoms with Crippen LogP contribution < -0.4 is 19.5 Å². The number of hydrogen-bond donors (Lipinski definition) is 2. The van der Waals surface area contributed by atoms with E-state index in [9.17, 15) is 14.7 Å². The van der Waals surface area contributed by atoms with Gasteiger partial charge in [0.1, 0.15) is 19.3 Å². The van der Waals surface area contributed by atoms with Crippen LogP contribution in [0.25, 0.3) is 0 Å². The molecule has 0 radical (unpaired) electrons. The summed E-state index contributed by atoms with van der Waals surface area (Å²) in [7, 11) is 1.46. The molecule has 1 aromatic carbocycles. The van der Waals surface area contributed by atoms with Gasteiger partial charge in [-0.15, -0.1) is 0 Å². The lowest BCUT2D eigenvalue weighted by atomic mass is 10.1. The van der Waals surface area contributed by atoms with Crippen LogP contribution in [0.2, 0.25) is 0 Å². The van der Waals surface area contributed by atoms with Gasteiger partial charge in [-0.05, 0) is 25.5 Å². The van der Waals surface area contributed by atoms with Crippen LogP contribution in [0.4, 0.5) is 0 Å². The predicted octanol–water partition coefficient (Wildman–Crippen LogP) is 1.62. The fraction of sp³-hybridized carbons (Fsp3) is 0.375. The number of carbonyl (C=O) groups excluding carboxylic acids is 1. The number of methoxy groups -OCH3 is 1. The quantitative estimate of drug-likeness (QED) is 0.773. The normalized spacial score (nSPS) is 14.3. The van der Waals surface area contributed by atoms with Crippen molar-refractivity contribution in [2.45, 2.75) is 19.4 Å². The zero-order valence-electron chi connectivity index (χ0n) is 13.0. The number of hydrogen-bond acceptors (Lipinski definition) is 5. The molecule has 2 rings (SSSR count). The van der Waals surface area contributed by atoms with E-state index in [-0.39, 0.29) is 12.0 Å². The first-order valence-corrected chi connectivity index (χ1v) is 7.19. The average Bonchev–Trinajstić information content (AvgIpc) is 2.56. The van der Waals surface area contributed by atoms with E-state index in [0.717, 1.165) is 0 Å². The molecular formula is C16H19NO6. The second-order valence-electron chi connectivity index (χ2n) is 4.87. The van der Waals surface area contributed by atoms with Gasteiger partial charge in [0, 0.05) is 5.56 Å². The van der Waals surface area contributed by atoms with E-state index in [1.807, 2.05) is 0 Å². The molecule has 1 aliphatic heterocycles. The molecule has 0 spiro atoms. The summed E-state index contributed by atoms with van der Waals surface area (Å²) in [5.74, 6) is -0.397. The molecule has 1 aromatic rings. The summed E-state index contributed by atoms with van der Waals surface area (Å²) >= 11 is 0. The van der Waals surface area contributed by atoms with Gasteiger partial charge in [-0.2, -0.15) is 0 Å². The molecule has 1 atom stereocenters. The van der Waals surface area contributed by atoms with E-state index < -0.39 is 17.9 Å². The topological polar surface area (TPSA) is 94.1 Å².